The SMILES string of the molecule is COCCOCCOCCOCCOCCOCCOCCOCCOCCOCCOCCOc1cc(OCCOCCOCCOCCOCCOCCOCCOCCOCCOCCOCCOC)cc(-n2c3cc(C)sc3c3sc(C)cc32)c1. The van der Waals surface area contributed by atoms with Crippen molar-refractivity contribution in [2.45, 2.75) is 13.8 Å². The summed E-state index contributed by atoms with van der Waals surface area (Å²) in [6.45, 7) is 25.7. The minimum atomic E-state index is 0.354. The number of nitrogens with zero attached hydrogens (tertiary/aromatic N) is 1. The Morgan fingerprint density at radius 2 is 0.416 bits per heavy atom. The van der Waals surface area contributed by atoms with Crippen molar-refractivity contribution in [3.05, 3.63) is 40.1 Å². The topological polar surface area (TPSA) is 226 Å². The highest BCUT2D eigenvalue weighted by molar-refractivity contribution is 7.27. The van der Waals surface area contributed by atoms with Gasteiger partial charge >= 0.3 is 0 Å². The minimum absolute atomic E-state index is 0.354. The second-order valence-corrected chi connectivity index (χ2v) is 21.6. The molecule has 4 rings (SSSR count). The normalized spacial score (nSPS) is 11.9. The van der Waals surface area contributed by atoms with E-state index in [0.29, 0.717) is 302 Å². The molecule has 3 heterocycles. The number of benzene rings is 1. The molecule has 0 unspecified atom stereocenters. The van der Waals surface area contributed by atoms with Gasteiger partial charge in [0.25, 0.3) is 0 Å². The van der Waals surface area contributed by atoms with Crippen molar-refractivity contribution in [3.63, 3.8) is 0 Å². The van der Waals surface area contributed by atoms with Gasteiger partial charge in [-0.05, 0) is 26.0 Å². The third kappa shape index (κ3) is 41.5. The lowest BCUT2D eigenvalue weighted by Crippen LogP contribution is -2.15. The molecule has 27 heteroatoms. The summed E-state index contributed by atoms with van der Waals surface area (Å²) in [5.41, 5.74) is 3.29. The Kier molecular flexibility index (Phi) is 51.0. The van der Waals surface area contributed by atoms with Crippen LogP contribution >= 0.6 is 22.7 Å². The van der Waals surface area contributed by atoms with Gasteiger partial charge in [0.2, 0.25) is 0 Å². The molecule has 3 aromatic heterocycles. The lowest BCUT2D eigenvalue weighted by Gasteiger charge is -2.14. The number of aryl methyl sites for hydroxylation is 2. The van der Waals surface area contributed by atoms with Gasteiger partial charge in [0.1, 0.15) is 24.7 Å². The van der Waals surface area contributed by atoms with Gasteiger partial charge in [0, 0.05) is 42.2 Å². The van der Waals surface area contributed by atoms with Gasteiger partial charge in [-0.2, -0.15) is 0 Å². The molecular formula is C62H105NO24S2. The Hall–Kier alpha value is -2.86. The molecular weight excluding hydrogens is 1210 g/mol. The number of methoxy groups -OCH3 is 2. The van der Waals surface area contributed by atoms with Gasteiger partial charge in [-0.25, -0.2) is 0 Å². The van der Waals surface area contributed by atoms with Gasteiger partial charge in [-0.15, -0.1) is 22.7 Å². The molecule has 0 N–H and O–H groups in total. The molecule has 0 fully saturated rings. The van der Waals surface area contributed by atoms with E-state index in [9.17, 15) is 0 Å². The van der Waals surface area contributed by atoms with Crippen LogP contribution in [0.25, 0.3) is 26.1 Å². The Bertz CT molecular complexity index is 2040. The molecule has 0 amide bonds. The average Bonchev–Trinajstić information content (AvgIpc) is 1.60. The molecule has 0 saturated heterocycles. The third-order valence-corrected chi connectivity index (χ3v) is 14.3. The molecule has 0 bridgehead atoms. The van der Waals surface area contributed by atoms with Crippen LogP contribution in [0.4, 0.5) is 0 Å². The molecule has 0 radical (unpaired) electrons. The van der Waals surface area contributed by atoms with Crippen molar-refractivity contribution in [3.8, 4) is 17.2 Å². The number of fused-ring (bicyclic) bond motifs is 3. The van der Waals surface area contributed by atoms with Crippen LogP contribution in [0.5, 0.6) is 11.5 Å². The first kappa shape index (κ1) is 78.6. The summed E-state index contributed by atoms with van der Waals surface area (Å²) in [6, 6.07) is 10.5. The summed E-state index contributed by atoms with van der Waals surface area (Å²) in [4.78, 5) is 2.51. The first-order valence-corrected chi connectivity index (χ1v) is 32.7. The molecule has 0 aliphatic rings. The maximum Gasteiger partial charge on any atom is 0.125 e. The highest BCUT2D eigenvalue weighted by atomic mass is 32.1. The summed E-state index contributed by atoms with van der Waals surface area (Å²) >= 11 is 3.63. The molecule has 25 nitrogen and oxygen atoms in total. The number of aromatic nitrogens is 1. The Labute approximate surface area is 535 Å². The number of rotatable bonds is 69. The highest BCUT2D eigenvalue weighted by Crippen LogP contribution is 2.42. The second kappa shape index (κ2) is 57.8. The standard InChI is InChI=1S/C62H105NO24S2/c1-54-49-59-61(88-54)62-60(50-55(2)89-62)63(59)56-51-57(86-47-45-84-43-41-82-39-37-80-35-33-78-31-29-76-27-25-74-23-21-72-19-17-70-15-13-68-11-9-66-7-5-64-3)53-58(52-56)87-48-46-85-44-42-83-40-38-81-36-34-79-32-30-77-28-26-75-24-22-73-20-18-71-16-14-69-12-10-67-8-6-65-4/h49-53H,5-48H2,1-4H3. The van der Waals surface area contributed by atoms with Crippen LogP contribution in [-0.4, -0.2) is 309 Å². The summed E-state index contributed by atoms with van der Waals surface area (Å²) in [5.74, 6) is 1.36. The maximum atomic E-state index is 6.26. The molecule has 4 aromatic rings. The zero-order chi connectivity index (χ0) is 62.8. The lowest BCUT2D eigenvalue weighted by atomic mass is 10.2. The molecule has 0 spiro atoms. The van der Waals surface area contributed by atoms with Crippen LogP contribution in [-0.2, 0) is 104 Å². The first-order valence-electron chi connectivity index (χ1n) is 31.1. The molecule has 0 atom stereocenters. The van der Waals surface area contributed by atoms with Crippen molar-refractivity contribution in [1.29, 1.82) is 0 Å². The number of hydrogen-bond donors (Lipinski definition) is 0. The van der Waals surface area contributed by atoms with Crippen molar-refractivity contribution in [2.24, 2.45) is 0 Å². The molecule has 1 aromatic carbocycles. The fraction of sp³-hybridized carbons (Fsp3) is 0.774. The summed E-state index contributed by atoms with van der Waals surface area (Å²) in [7, 11) is 3.29. The van der Waals surface area contributed by atoms with E-state index in [0.717, 1.165) is 5.69 Å². The smallest absolute Gasteiger partial charge is 0.125 e. The van der Waals surface area contributed by atoms with E-state index in [1.807, 2.05) is 28.7 Å². The number of ether oxygens (including phenoxy) is 24. The fourth-order valence-corrected chi connectivity index (χ4v) is 9.94. The largest absolute Gasteiger partial charge is 0.491 e. The van der Waals surface area contributed by atoms with Crippen molar-refractivity contribution < 1.29 is 114 Å². The summed E-state index contributed by atoms with van der Waals surface area (Å²) < 4.78 is 138. The van der Waals surface area contributed by atoms with Crippen molar-refractivity contribution in [2.75, 3.05) is 305 Å². The number of hydrogen-bond acceptors (Lipinski definition) is 26. The Balaban J connectivity index is 0.928. The van der Waals surface area contributed by atoms with E-state index in [-0.39, 0.29) is 0 Å². The molecule has 0 saturated carbocycles. The first-order chi connectivity index (χ1) is 44.1. The van der Waals surface area contributed by atoms with E-state index in [4.69, 9.17) is 114 Å². The summed E-state index contributed by atoms with van der Waals surface area (Å²) in [6.07, 6.45) is 0. The van der Waals surface area contributed by atoms with Gasteiger partial charge in [-0.3, -0.25) is 0 Å². The van der Waals surface area contributed by atoms with E-state index >= 15 is 0 Å². The van der Waals surface area contributed by atoms with Gasteiger partial charge in [0.05, 0.1) is 304 Å². The van der Waals surface area contributed by atoms with Crippen molar-refractivity contribution in [1.82, 2.24) is 4.57 Å². The second-order valence-electron chi connectivity index (χ2n) is 19.1. The van der Waals surface area contributed by atoms with Crippen LogP contribution in [0, 0.1) is 13.8 Å². The predicted molar refractivity (Wildman–Crippen MR) is 337 cm³/mol. The maximum absolute atomic E-state index is 6.26. The number of thiophene rings is 2. The van der Waals surface area contributed by atoms with Crippen LogP contribution in [0.1, 0.15) is 9.75 Å². The predicted octanol–water partition coefficient (Wildman–Crippen LogP) is 5.91. The van der Waals surface area contributed by atoms with E-state index in [2.05, 4.69) is 42.7 Å². The minimum Gasteiger partial charge on any atom is -0.491 e. The van der Waals surface area contributed by atoms with E-state index in [1.54, 1.807) is 14.2 Å². The lowest BCUT2D eigenvalue weighted by molar-refractivity contribution is -0.0273. The highest BCUT2D eigenvalue weighted by Gasteiger charge is 2.19. The van der Waals surface area contributed by atoms with Gasteiger partial charge in [-0.1, -0.05) is 0 Å². The third-order valence-electron chi connectivity index (χ3n) is 12.0. The zero-order valence-electron chi connectivity index (χ0n) is 53.6. The van der Waals surface area contributed by atoms with Crippen LogP contribution in [0.3, 0.4) is 0 Å². The van der Waals surface area contributed by atoms with Gasteiger partial charge in [0.15, 0.2) is 0 Å². The Morgan fingerprint density at radius 1 is 0.236 bits per heavy atom. The van der Waals surface area contributed by atoms with Crippen LogP contribution < -0.4 is 9.47 Å². The fourth-order valence-electron chi connectivity index (χ4n) is 7.80. The van der Waals surface area contributed by atoms with Crippen molar-refractivity contribution >= 4 is 43.1 Å². The molecule has 89 heavy (non-hydrogen) atoms. The average molecular weight is 1310 g/mol. The molecule has 514 valence electrons. The van der Waals surface area contributed by atoms with E-state index in [1.165, 1.54) is 30.2 Å². The quantitative estimate of drug-likeness (QED) is 0.0469. The van der Waals surface area contributed by atoms with Gasteiger partial charge < -0.3 is 118 Å². The molecule has 0 aliphatic heterocycles. The summed E-state index contributed by atoms with van der Waals surface area (Å²) in [5, 5.41) is 0. The van der Waals surface area contributed by atoms with Crippen LogP contribution in [0.2, 0.25) is 0 Å². The zero-order valence-corrected chi connectivity index (χ0v) is 55.2. The monoisotopic (exact) mass is 1310 g/mol. The van der Waals surface area contributed by atoms with Crippen LogP contribution in [0.15, 0.2) is 30.3 Å². The Morgan fingerprint density at radius 3 is 0.607 bits per heavy atom. The molecule has 0 aliphatic carbocycles. The van der Waals surface area contributed by atoms with E-state index < -0.39 is 0 Å².